The normalized spacial score (nSPS) is 13.3. The Morgan fingerprint density at radius 3 is 2.70 bits per heavy atom. The summed E-state index contributed by atoms with van der Waals surface area (Å²) in [5, 5.41) is 1.85. The third kappa shape index (κ3) is 3.64. The molecule has 4 rings (SSSR count). The van der Waals surface area contributed by atoms with Gasteiger partial charge in [-0.1, -0.05) is 29.3 Å². The predicted molar refractivity (Wildman–Crippen MR) is 106 cm³/mol. The van der Waals surface area contributed by atoms with Crippen molar-refractivity contribution in [2.75, 3.05) is 0 Å². The third-order valence-electron chi connectivity index (χ3n) is 4.52. The zero-order valence-corrected chi connectivity index (χ0v) is 15.6. The van der Waals surface area contributed by atoms with E-state index in [2.05, 4.69) is 0 Å². The molecule has 0 atom stereocenters. The molecule has 3 aromatic rings. The fraction of sp³-hybridized carbons (Fsp3) is 0.143. The number of benzene rings is 2. The molecule has 1 aliphatic rings. The molecule has 1 aromatic heterocycles. The minimum Gasteiger partial charge on any atom is -0.423 e. The number of aryl methyl sites for hydroxylation is 1. The summed E-state index contributed by atoms with van der Waals surface area (Å²) >= 11 is 11.9. The summed E-state index contributed by atoms with van der Waals surface area (Å²) in [6, 6.07) is 10.1. The molecule has 0 aliphatic heterocycles. The van der Waals surface area contributed by atoms with Crippen molar-refractivity contribution < 1.29 is 13.9 Å². The number of halogens is 2. The number of rotatable bonds is 3. The van der Waals surface area contributed by atoms with Crippen molar-refractivity contribution in [2.45, 2.75) is 19.3 Å². The van der Waals surface area contributed by atoms with Crippen molar-refractivity contribution in [3.05, 3.63) is 79.6 Å². The summed E-state index contributed by atoms with van der Waals surface area (Å²) < 4.78 is 10.7. The molecule has 1 aliphatic carbocycles. The highest BCUT2D eigenvalue weighted by Gasteiger charge is 2.19. The van der Waals surface area contributed by atoms with Crippen LogP contribution in [-0.2, 0) is 17.6 Å². The Morgan fingerprint density at radius 2 is 1.89 bits per heavy atom. The number of carbonyl (C=O) groups excluding carboxylic acids is 1. The predicted octanol–water partition coefficient (Wildman–Crippen LogP) is 5.21. The van der Waals surface area contributed by atoms with Gasteiger partial charge < -0.3 is 9.15 Å². The largest absolute Gasteiger partial charge is 0.423 e. The number of ether oxygens (including phenoxy) is 1. The van der Waals surface area contributed by atoms with Gasteiger partial charge in [0.2, 0.25) is 0 Å². The first kappa shape index (κ1) is 17.8. The van der Waals surface area contributed by atoms with Gasteiger partial charge >= 0.3 is 11.6 Å². The molecule has 0 fully saturated rings. The van der Waals surface area contributed by atoms with Crippen LogP contribution < -0.4 is 10.4 Å². The fourth-order valence-electron chi connectivity index (χ4n) is 3.27. The smallest absolute Gasteiger partial charge is 0.339 e. The lowest BCUT2D eigenvalue weighted by atomic mass is 10.1. The maximum Gasteiger partial charge on any atom is 0.339 e. The topological polar surface area (TPSA) is 56.5 Å². The summed E-state index contributed by atoms with van der Waals surface area (Å²) in [5.41, 5.74) is 2.57. The number of esters is 1. The highest BCUT2D eigenvalue weighted by atomic mass is 35.5. The molecular formula is C21H14Cl2O4. The molecule has 0 saturated carbocycles. The van der Waals surface area contributed by atoms with E-state index in [0.29, 0.717) is 26.9 Å². The lowest BCUT2D eigenvalue weighted by Crippen LogP contribution is -2.07. The van der Waals surface area contributed by atoms with Crippen molar-refractivity contribution in [2.24, 2.45) is 0 Å². The van der Waals surface area contributed by atoms with Gasteiger partial charge in [-0.3, -0.25) is 0 Å². The van der Waals surface area contributed by atoms with Gasteiger partial charge in [0, 0.05) is 33.1 Å². The van der Waals surface area contributed by atoms with Crippen molar-refractivity contribution >= 4 is 46.2 Å². The van der Waals surface area contributed by atoms with Gasteiger partial charge in [0.25, 0.3) is 0 Å². The van der Waals surface area contributed by atoms with Gasteiger partial charge in [-0.25, -0.2) is 9.59 Å². The Labute approximate surface area is 165 Å². The summed E-state index contributed by atoms with van der Waals surface area (Å²) in [5.74, 6) is -0.260. The van der Waals surface area contributed by atoms with Gasteiger partial charge in [0.05, 0.1) is 0 Å². The van der Waals surface area contributed by atoms with Crippen LogP contribution in [0.4, 0.5) is 0 Å². The second kappa shape index (κ2) is 7.22. The second-order valence-electron chi connectivity index (χ2n) is 6.28. The molecule has 0 radical (unpaired) electrons. The Hall–Kier alpha value is -2.56. The minimum absolute atomic E-state index is 0.306. The zero-order chi connectivity index (χ0) is 19.0. The molecule has 27 heavy (non-hydrogen) atoms. The molecule has 136 valence electrons. The van der Waals surface area contributed by atoms with Crippen LogP contribution in [0.1, 0.15) is 23.1 Å². The van der Waals surface area contributed by atoms with Crippen LogP contribution in [0.3, 0.4) is 0 Å². The SMILES string of the molecule is O=C(/C=C/c1ccc(Cl)cc1Cl)Oc1ccc2c3c(c(=O)oc2c1)CCC3. The van der Waals surface area contributed by atoms with Gasteiger partial charge in [-0.2, -0.15) is 0 Å². The highest BCUT2D eigenvalue weighted by molar-refractivity contribution is 6.35. The molecule has 2 aromatic carbocycles. The van der Waals surface area contributed by atoms with Crippen LogP contribution in [0, 0.1) is 0 Å². The van der Waals surface area contributed by atoms with E-state index in [1.54, 1.807) is 36.4 Å². The maximum absolute atomic E-state index is 12.1. The minimum atomic E-state index is -0.566. The average molecular weight is 401 g/mol. The second-order valence-corrected chi connectivity index (χ2v) is 7.12. The maximum atomic E-state index is 12.1. The molecule has 1 heterocycles. The lowest BCUT2D eigenvalue weighted by Gasteiger charge is -2.06. The number of fused-ring (bicyclic) bond motifs is 3. The molecule has 0 unspecified atom stereocenters. The highest BCUT2D eigenvalue weighted by Crippen LogP contribution is 2.29. The summed E-state index contributed by atoms with van der Waals surface area (Å²) in [6.07, 6.45) is 5.39. The summed E-state index contributed by atoms with van der Waals surface area (Å²) in [7, 11) is 0. The van der Waals surface area contributed by atoms with Gasteiger partial charge in [-0.05, 0) is 60.7 Å². The van der Waals surface area contributed by atoms with Gasteiger partial charge in [-0.15, -0.1) is 0 Å². The van der Waals surface area contributed by atoms with Crippen LogP contribution in [0.2, 0.25) is 10.0 Å². The number of hydrogen-bond acceptors (Lipinski definition) is 4. The van der Waals surface area contributed by atoms with Crippen LogP contribution >= 0.6 is 23.2 Å². The quantitative estimate of drug-likeness (QED) is 0.262. The van der Waals surface area contributed by atoms with E-state index in [9.17, 15) is 9.59 Å². The van der Waals surface area contributed by atoms with Gasteiger partial charge in [0.1, 0.15) is 11.3 Å². The molecule has 0 N–H and O–H groups in total. The first-order chi connectivity index (χ1) is 13.0. The first-order valence-corrected chi connectivity index (χ1v) is 9.20. The van der Waals surface area contributed by atoms with Crippen LogP contribution in [0.15, 0.2) is 51.7 Å². The van der Waals surface area contributed by atoms with Crippen molar-refractivity contribution in [1.29, 1.82) is 0 Å². The Balaban J connectivity index is 1.56. The Morgan fingerprint density at radius 1 is 1.07 bits per heavy atom. The molecule has 0 spiro atoms. The van der Waals surface area contributed by atoms with E-state index in [-0.39, 0.29) is 5.63 Å². The summed E-state index contributed by atoms with van der Waals surface area (Å²) in [4.78, 5) is 24.2. The van der Waals surface area contributed by atoms with Crippen molar-refractivity contribution in [1.82, 2.24) is 0 Å². The standard InChI is InChI=1S/C21H14Cl2O4/c22-13-6-4-12(18(23)10-13)5-9-20(24)26-14-7-8-16-15-2-1-3-17(15)21(25)27-19(16)11-14/h4-11H,1-3H2/b9-5+. The molecule has 4 nitrogen and oxygen atoms in total. The molecule has 6 heteroatoms. The molecular weight excluding hydrogens is 387 g/mol. The van der Waals surface area contributed by atoms with E-state index in [1.807, 2.05) is 6.07 Å². The molecule has 0 amide bonds. The monoisotopic (exact) mass is 400 g/mol. The Kier molecular flexibility index (Phi) is 4.77. The average Bonchev–Trinajstić information content (AvgIpc) is 3.11. The molecule has 0 bridgehead atoms. The van der Waals surface area contributed by atoms with Crippen molar-refractivity contribution in [3.8, 4) is 5.75 Å². The zero-order valence-electron chi connectivity index (χ0n) is 14.1. The molecule has 0 saturated heterocycles. The lowest BCUT2D eigenvalue weighted by molar-refractivity contribution is -0.128. The van der Waals surface area contributed by atoms with E-state index in [4.69, 9.17) is 32.4 Å². The van der Waals surface area contributed by atoms with E-state index >= 15 is 0 Å². The van der Waals surface area contributed by atoms with E-state index in [1.165, 1.54) is 6.08 Å². The number of hydrogen-bond donors (Lipinski definition) is 0. The Bertz CT molecular complexity index is 1140. The van der Waals surface area contributed by atoms with Crippen molar-refractivity contribution in [3.63, 3.8) is 0 Å². The van der Waals surface area contributed by atoms with Crippen LogP contribution in [-0.4, -0.2) is 5.97 Å². The number of carbonyl (C=O) groups is 1. The van der Waals surface area contributed by atoms with Crippen LogP contribution in [0.5, 0.6) is 5.75 Å². The van der Waals surface area contributed by atoms with Crippen LogP contribution in [0.25, 0.3) is 17.0 Å². The third-order valence-corrected chi connectivity index (χ3v) is 5.09. The fourth-order valence-corrected chi connectivity index (χ4v) is 3.74. The summed E-state index contributed by atoms with van der Waals surface area (Å²) in [6.45, 7) is 0. The first-order valence-electron chi connectivity index (χ1n) is 8.45. The van der Waals surface area contributed by atoms with Gasteiger partial charge in [0.15, 0.2) is 0 Å². The van der Waals surface area contributed by atoms with E-state index < -0.39 is 5.97 Å². The van der Waals surface area contributed by atoms with E-state index in [0.717, 1.165) is 35.8 Å².